The first-order chi connectivity index (χ1) is 25.5. The highest BCUT2D eigenvalue weighted by Gasteiger charge is 2.37. The molecule has 1 aliphatic rings. The third kappa shape index (κ3) is 4.21. The standard InChI is InChI=1S/C51H34S/c1-51(2)44-27-25-34-29-47-43(36-14-10-11-19-46(36)52-47)30-42(34)50(44)41-26-24-35(28-45(41)51)49-39-17-8-6-15-37(39)48(38-16-7-9-18-40(38)49)33-22-20-32(21-23-33)31-12-4-3-5-13-31/h3-30H,1-2H3. The Bertz CT molecular complexity index is 3010. The molecule has 1 aliphatic carbocycles. The molecule has 0 radical (unpaired) electrons. The Labute approximate surface area is 307 Å². The molecule has 1 aromatic heterocycles. The summed E-state index contributed by atoms with van der Waals surface area (Å²) < 4.78 is 2.71. The average molecular weight is 679 g/mol. The number of rotatable bonds is 3. The molecule has 9 aromatic carbocycles. The van der Waals surface area contributed by atoms with Crippen molar-refractivity contribution in [3.05, 3.63) is 181 Å². The molecule has 11 rings (SSSR count). The van der Waals surface area contributed by atoms with Gasteiger partial charge < -0.3 is 0 Å². The highest BCUT2D eigenvalue weighted by Crippen LogP contribution is 2.54. The lowest BCUT2D eigenvalue weighted by molar-refractivity contribution is 0.661. The van der Waals surface area contributed by atoms with Crippen LogP contribution in [-0.2, 0) is 5.41 Å². The Kier molecular flexibility index (Phi) is 6.27. The molecular formula is C51H34S. The smallest absolute Gasteiger partial charge is 0.0361 e. The van der Waals surface area contributed by atoms with Gasteiger partial charge in [0.15, 0.2) is 0 Å². The number of benzene rings is 9. The van der Waals surface area contributed by atoms with E-state index in [1.807, 2.05) is 11.3 Å². The van der Waals surface area contributed by atoms with Gasteiger partial charge in [-0.05, 0) is 112 Å². The van der Waals surface area contributed by atoms with Gasteiger partial charge in [0.2, 0.25) is 0 Å². The first kappa shape index (κ1) is 29.7. The lowest BCUT2D eigenvalue weighted by Gasteiger charge is -2.23. The Morgan fingerprint density at radius 3 is 1.60 bits per heavy atom. The lowest BCUT2D eigenvalue weighted by atomic mass is 9.80. The molecule has 1 heterocycles. The molecule has 0 bridgehead atoms. The predicted octanol–water partition coefficient (Wildman–Crippen LogP) is 14.8. The Morgan fingerprint density at radius 2 is 0.904 bits per heavy atom. The maximum absolute atomic E-state index is 2.50. The Balaban J connectivity index is 1.12. The maximum atomic E-state index is 2.50. The van der Waals surface area contributed by atoms with Gasteiger partial charge in [-0.15, -0.1) is 11.3 Å². The zero-order chi connectivity index (χ0) is 34.6. The zero-order valence-electron chi connectivity index (χ0n) is 29.1. The van der Waals surface area contributed by atoms with Crippen LogP contribution in [0, 0.1) is 0 Å². The van der Waals surface area contributed by atoms with E-state index in [2.05, 4.69) is 184 Å². The van der Waals surface area contributed by atoms with Crippen molar-refractivity contribution < 1.29 is 0 Å². The number of fused-ring (bicyclic) bond motifs is 10. The molecule has 244 valence electrons. The van der Waals surface area contributed by atoms with E-state index in [-0.39, 0.29) is 5.41 Å². The van der Waals surface area contributed by atoms with Gasteiger partial charge in [0, 0.05) is 25.6 Å². The molecule has 0 saturated heterocycles. The van der Waals surface area contributed by atoms with Gasteiger partial charge in [-0.25, -0.2) is 0 Å². The normalized spacial score (nSPS) is 13.3. The van der Waals surface area contributed by atoms with Crippen molar-refractivity contribution in [1.82, 2.24) is 0 Å². The third-order valence-corrected chi connectivity index (χ3v) is 12.8. The van der Waals surface area contributed by atoms with Crippen molar-refractivity contribution in [3.8, 4) is 44.5 Å². The van der Waals surface area contributed by atoms with Crippen LogP contribution >= 0.6 is 11.3 Å². The molecule has 10 aromatic rings. The molecule has 0 amide bonds. The molecule has 0 saturated carbocycles. The van der Waals surface area contributed by atoms with E-state index in [1.165, 1.54) is 108 Å². The van der Waals surface area contributed by atoms with Crippen molar-refractivity contribution in [1.29, 1.82) is 0 Å². The van der Waals surface area contributed by atoms with Crippen LogP contribution in [0.4, 0.5) is 0 Å². The largest absolute Gasteiger partial charge is 0.135 e. The number of hydrogen-bond acceptors (Lipinski definition) is 1. The molecule has 0 N–H and O–H groups in total. The molecule has 0 aliphatic heterocycles. The molecule has 0 spiro atoms. The monoisotopic (exact) mass is 678 g/mol. The first-order valence-electron chi connectivity index (χ1n) is 18.2. The number of thiophene rings is 1. The second kappa shape index (κ2) is 11.0. The molecule has 0 unspecified atom stereocenters. The van der Waals surface area contributed by atoms with Gasteiger partial charge in [-0.3, -0.25) is 0 Å². The second-order valence-electron chi connectivity index (χ2n) is 14.8. The molecule has 0 atom stereocenters. The van der Waals surface area contributed by atoms with Crippen LogP contribution in [-0.4, -0.2) is 0 Å². The molecular weight excluding hydrogens is 645 g/mol. The molecule has 0 fully saturated rings. The van der Waals surface area contributed by atoms with E-state index < -0.39 is 0 Å². The molecule has 1 heteroatoms. The van der Waals surface area contributed by atoms with Gasteiger partial charge in [0.1, 0.15) is 0 Å². The summed E-state index contributed by atoms with van der Waals surface area (Å²) in [6.07, 6.45) is 0. The van der Waals surface area contributed by atoms with Crippen LogP contribution in [0.3, 0.4) is 0 Å². The SMILES string of the molecule is CC1(C)c2cc(-c3c4ccccc4c(-c4ccc(-c5ccccc5)cc4)c4ccccc34)ccc2-c2c1ccc1cc3sc4ccccc4c3cc21. The molecule has 52 heavy (non-hydrogen) atoms. The summed E-state index contributed by atoms with van der Waals surface area (Å²) in [5.41, 5.74) is 13.0. The zero-order valence-corrected chi connectivity index (χ0v) is 29.9. The van der Waals surface area contributed by atoms with Crippen molar-refractivity contribution in [2.24, 2.45) is 0 Å². The van der Waals surface area contributed by atoms with Gasteiger partial charge >= 0.3 is 0 Å². The summed E-state index contributed by atoms with van der Waals surface area (Å²) in [4.78, 5) is 0. The highest BCUT2D eigenvalue weighted by molar-refractivity contribution is 7.25. The summed E-state index contributed by atoms with van der Waals surface area (Å²) in [6, 6.07) is 63.5. The quantitative estimate of drug-likeness (QED) is 0.163. The average Bonchev–Trinajstić information content (AvgIpc) is 3.67. The minimum atomic E-state index is -0.132. The van der Waals surface area contributed by atoms with Crippen molar-refractivity contribution in [2.45, 2.75) is 19.3 Å². The fourth-order valence-corrected chi connectivity index (χ4v) is 10.3. The summed E-state index contributed by atoms with van der Waals surface area (Å²) >= 11 is 1.90. The summed E-state index contributed by atoms with van der Waals surface area (Å²) in [5.74, 6) is 0. The van der Waals surface area contributed by atoms with Gasteiger partial charge in [-0.1, -0.05) is 159 Å². The minimum absolute atomic E-state index is 0.132. The van der Waals surface area contributed by atoms with E-state index in [0.29, 0.717) is 0 Å². The van der Waals surface area contributed by atoms with E-state index >= 15 is 0 Å². The van der Waals surface area contributed by atoms with Gasteiger partial charge in [0.05, 0.1) is 0 Å². The van der Waals surface area contributed by atoms with Crippen LogP contribution in [0.15, 0.2) is 170 Å². The van der Waals surface area contributed by atoms with Crippen LogP contribution in [0.5, 0.6) is 0 Å². The Morgan fingerprint density at radius 1 is 0.346 bits per heavy atom. The summed E-state index contributed by atoms with van der Waals surface area (Å²) in [7, 11) is 0. The van der Waals surface area contributed by atoms with E-state index in [9.17, 15) is 0 Å². The number of hydrogen-bond donors (Lipinski definition) is 0. The van der Waals surface area contributed by atoms with Crippen molar-refractivity contribution >= 4 is 63.8 Å². The first-order valence-corrected chi connectivity index (χ1v) is 19.0. The summed E-state index contributed by atoms with van der Waals surface area (Å²) in [5, 5.41) is 10.5. The van der Waals surface area contributed by atoms with Crippen molar-refractivity contribution in [3.63, 3.8) is 0 Å². The van der Waals surface area contributed by atoms with E-state index in [4.69, 9.17) is 0 Å². The van der Waals surface area contributed by atoms with Crippen LogP contribution in [0.25, 0.3) is 97.0 Å². The summed E-state index contributed by atoms with van der Waals surface area (Å²) in [6.45, 7) is 4.81. The van der Waals surface area contributed by atoms with Gasteiger partial charge in [-0.2, -0.15) is 0 Å². The Hall–Kier alpha value is -6.02. The minimum Gasteiger partial charge on any atom is -0.135 e. The third-order valence-electron chi connectivity index (χ3n) is 11.7. The molecule has 0 nitrogen and oxygen atoms in total. The van der Waals surface area contributed by atoms with E-state index in [0.717, 1.165) is 0 Å². The van der Waals surface area contributed by atoms with Crippen LogP contribution in [0.1, 0.15) is 25.0 Å². The van der Waals surface area contributed by atoms with Gasteiger partial charge in [0.25, 0.3) is 0 Å². The highest BCUT2D eigenvalue weighted by atomic mass is 32.1. The second-order valence-corrected chi connectivity index (χ2v) is 15.9. The van der Waals surface area contributed by atoms with Crippen LogP contribution in [0.2, 0.25) is 0 Å². The fraction of sp³-hybridized carbons (Fsp3) is 0.0588. The van der Waals surface area contributed by atoms with Crippen LogP contribution < -0.4 is 0 Å². The lowest BCUT2D eigenvalue weighted by Crippen LogP contribution is -2.15. The van der Waals surface area contributed by atoms with E-state index in [1.54, 1.807) is 0 Å². The maximum Gasteiger partial charge on any atom is 0.0361 e. The predicted molar refractivity (Wildman–Crippen MR) is 226 cm³/mol. The topological polar surface area (TPSA) is 0 Å². The fourth-order valence-electron chi connectivity index (χ4n) is 9.14. The van der Waals surface area contributed by atoms with Crippen molar-refractivity contribution in [2.75, 3.05) is 0 Å².